The number of hydrogen-bond donors (Lipinski definition) is 0. The van der Waals surface area contributed by atoms with Crippen molar-refractivity contribution in [1.82, 2.24) is 9.88 Å². The van der Waals surface area contributed by atoms with Crippen LogP contribution in [0.1, 0.15) is 5.56 Å². The predicted molar refractivity (Wildman–Crippen MR) is 126 cm³/mol. The summed E-state index contributed by atoms with van der Waals surface area (Å²) < 4.78 is 5.51. The van der Waals surface area contributed by atoms with Gasteiger partial charge in [-0.2, -0.15) is 11.3 Å². The average molecular weight is 416 g/mol. The Labute approximate surface area is 181 Å². The van der Waals surface area contributed by atoms with Crippen molar-refractivity contribution >= 4 is 28.1 Å². The zero-order valence-corrected chi connectivity index (χ0v) is 17.9. The lowest BCUT2D eigenvalue weighted by Gasteiger charge is -2.35. The van der Waals surface area contributed by atoms with E-state index in [1.807, 2.05) is 12.1 Å². The molecular weight excluding hydrogens is 390 g/mol. The molecule has 1 aliphatic rings. The molecular formula is C25H25N3OS. The molecule has 5 rings (SSSR count). The third kappa shape index (κ3) is 3.78. The van der Waals surface area contributed by atoms with Crippen LogP contribution < -0.4 is 9.64 Å². The lowest BCUT2D eigenvalue weighted by atomic mass is 10.0. The fraction of sp³-hybridized carbons (Fsp3) is 0.240. The number of fused-ring (bicyclic) bond motifs is 1. The topological polar surface area (TPSA) is 28.6 Å². The highest BCUT2D eigenvalue weighted by atomic mass is 32.1. The van der Waals surface area contributed by atoms with Gasteiger partial charge >= 0.3 is 0 Å². The van der Waals surface area contributed by atoms with E-state index >= 15 is 0 Å². The number of para-hydroxylation sites is 2. The number of rotatable bonds is 5. The van der Waals surface area contributed by atoms with Crippen molar-refractivity contribution in [1.29, 1.82) is 0 Å². The molecule has 1 fully saturated rings. The number of aromatic nitrogens is 1. The summed E-state index contributed by atoms with van der Waals surface area (Å²) in [6.45, 7) is 4.92. The highest BCUT2D eigenvalue weighted by Gasteiger charge is 2.20. The summed E-state index contributed by atoms with van der Waals surface area (Å²) >= 11 is 1.73. The van der Waals surface area contributed by atoms with Crippen LogP contribution in [0.5, 0.6) is 5.75 Å². The first-order valence-corrected chi connectivity index (χ1v) is 11.3. The molecule has 1 saturated heterocycles. The van der Waals surface area contributed by atoms with E-state index in [1.165, 1.54) is 22.1 Å². The van der Waals surface area contributed by atoms with E-state index in [4.69, 9.17) is 9.72 Å². The van der Waals surface area contributed by atoms with Gasteiger partial charge in [0.05, 0.1) is 12.6 Å². The minimum atomic E-state index is 0.922. The second-order valence-electron chi connectivity index (χ2n) is 7.63. The molecule has 5 heteroatoms. The Kier molecular flexibility index (Phi) is 5.39. The Bertz CT molecular complexity index is 1130. The van der Waals surface area contributed by atoms with Crippen molar-refractivity contribution < 1.29 is 4.74 Å². The summed E-state index contributed by atoms with van der Waals surface area (Å²) in [6.07, 6.45) is 0. The molecule has 3 heterocycles. The molecule has 30 heavy (non-hydrogen) atoms. The van der Waals surface area contributed by atoms with Crippen LogP contribution in [0.25, 0.3) is 22.0 Å². The maximum Gasteiger partial charge on any atom is 0.129 e. The van der Waals surface area contributed by atoms with Crippen LogP contribution in [0.4, 0.5) is 5.82 Å². The van der Waals surface area contributed by atoms with Crippen LogP contribution in [0.3, 0.4) is 0 Å². The van der Waals surface area contributed by atoms with Gasteiger partial charge in [0.15, 0.2) is 0 Å². The summed E-state index contributed by atoms with van der Waals surface area (Å²) in [5, 5.41) is 5.51. The van der Waals surface area contributed by atoms with E-state index in [0.29, 0.717) is 0 Å². The molecule has 4 aromatic rings. The van der Waals surface area contributed by atoms with Crippen LogP contribution in [0, 0.1) is 0 Å². The first kappa shape index (κ1) is 19.1. The number of hydrogen-bond acceptors (Lipinski definition) is 5. The molecule has 0 bridgehead atoms. The lowest BCUT2D eigenvalue weighted by molar-refractivity contribution is 0.245. The fourth-order valence-electron chi connectivity index (χ4n) is 4.17. The molecule has 2 aromatic carbocycles. The number of ether oxygens (including phenoxy) is 1. The van der Waals surface area contributed by atoms with Crippen molar-refractivity contribution in [3.8, 4) is 16.9 Å². The van der Waals surface area contributed by atoms with Crippen molar-refractivity contribution in [3.63, 3.8) is 0 Å². The van der Waals surface area contributed by atoms with E-state index in [9.17, 15) is 0 Å². The van der Waals surface area contributed by atoms with Gasteiger partial charge in [0.1, 0.15) is 11.6 Å². The van der Waals surface area contributed by atoms with Crippen molar-refractivity contribution in [2.24, 2.45) is 0 Å². The zero-order valence-electron chi connectivity index (χ0n) is 17.1. The van der Waals surface area contributed by atoms with Crippen LogP contribution in [0.15, 0.2) is 71.4 Å². The Morgan fingerprint density at radius 3 is 2.60 bits per heavy atom. The predicted octanol–water partition coefficient (Wildman–Crippen LogP) is 5.29. The van der Waals surface area contributed by atoms with E-state index in [1.54, 1.807) is 18.4 Å². The Morgan fingerprint density at radius 1 is 0.933 bits per heavy atom. The minimum absolute atomic E-state index is 0.922. The van der Waals surface area contributed by atoms with Gasteiger partial charge in [-0.25, -0.2) is 4.98 Å². The van der Waals surface area contributed by atoms with Crippen LogP contribution >= 0.6 is 11.3 Å². The Hall–Kier alpha value is -2.89. The third-order valence-corrected chi connectivity index (χ3v) is 6.50. The van der Waals surface area contributed by atoms with Crippen molar-refractivity contribution in [3.05, 3.63) is 77.0 Å². The van der Waals surface area contributed by atoms with Gasteiger partial charge < -0.3 is 9.64 Å². The highest BCUT2D eigenvalue weighted by Crippen LogP contribution is 2.30. The smallest absolute Gasteiger partial charge is 0.129 e. The normalized spacial score (nSPS) is 14.9. The quantitative estimate of drug-likeness (QED) is 0.443. The monoisotopic (exact) mass is 415 g/mol. The number of nitrogens with zero attached hydrogens (tertiary/aromatic N) is 3. The van der Waals surface area contributed by atoms with E-state index in [0.717, 1.165) is 49.8 Å². The third-order valence-electron chi connectivity index (χ3n) is 5.82. The number of benzene rings is 2. The van der Waals surface area contributed by atoms with E-state index in [-0.39, 0.29) is 0 Å². The standard InChI is InChI=1S/C25H25N3OS/c1-29-23-8-3-2-5-20(23)17-27-12-14-28(15-13-27)24-10-9-19-6-4-7-22(25(19)26-24)21-11-16-30-18-21/h2-11,16,18H,12-15,17H2,1H3. The number of pyridine rings is 1. The molecule has 1 aliphatic heterocycles. The number of thiophene rings is 1. The van der Waals surface area contributed by atoms with Gasteiger partial charge in [0.25, 0.3) is 0 Å². The second-order valence-corrected chi connectivity index (χ2v) is 8.41. The fourth-order valence-corrected chi connectivity index (χ4v) is 4.83. The first-order chi connectivity index (χ1) is 14.8. The van der Waals surface area contributed by atoms with Crippen LogP contribution in [-0.2, 0) is 6.54 Å². The highest BCUT2D eigenvalue weighted by molar-refractivity contribution is 7.08. The maximum absolute atomic E-state index is 5.51. The SMILES string of the molecule is COc1ccccc1CN1CCN(c2ccc3cccc(-c4ccsc4)c3n2)CC1. The summed E-state index contributed by atoms with van der Waals surface area (Å²) in [7, 11) is 1.74. The zero-order chi connectivity index (χ0) is 20.3. The molecule has 152 valence electrons. The second kappa shape index (κ2) is 8.46. The van der Waals surface area contributed by atoms with Crippen LogP contribution in [-0.4, -0.2) is 43.2 Å². The van der Waals surface area contributed by atoms with Gasteiger partial charge in [0, 0.05) is 49.2 Å². The van der Waals surface area contributed by atoms with Gasteiger partial charge in [-0.3, -0.25) is 4.90 Å². The lowest BCUT2D eigenvalue weighted by Crippen LogP contribution is -2.46. The van der Waals surface area contributed by atoms with Crippen LogP contribution in [0.2, 0.25) is 0 Å². The molecule has 0 atom stereocenters. The maximum atomic E-state index is 5.51. The molecule has 0 unspecified atom stereocenters. The van der Waals surface area contributed by atoms with Crippen molar-refractivity contribution in [2.45, 2.75) is 6.54 Å². The Balaban J connectivity index is 1.33. The minimum Gasteiger partial charge on any atom is -0.496 e. The summed E-state index contributed by atoms with van der Waals surface area (Å²) in [5.74, 6) is 2.04. The molecule has 0 saturated carbocycles. The number of piperazine rings is 1. The molecule has 2 aromatic heterocycles. The summed E-state index contributed by atoms with van der Waals surface area (Å²) in [6, 6.07) is 21.3. The van der Waals surface area contributed by atoms with Gasteiger partial charge in [0.2, 0.25) is 0 Å². The molecule has 0 spiro atoms. The summed E-state index contributed by atoms with van der Waals surface area (Å²) in [5.41, 5.74) is 4.80. The first-order valence-electron chi connectivity index (χ1n) is 10.3. The molecule has 0 N–H and O–H groups in total. The summed E-state index contributed by atoms with van der Waals surface area (Å²) in [4.78, 5) is 9.98. The van der Waals surface area contributed by atoms with E-state index < -0.39 is 0 Å². The number of methoxy groups -OCH3 is 1. The average Bonchev–Trinajstić information content (AvgIpc) is 3.34. The van der Waals surface area contributed by atoms with Gasteiger partial charge in [-0.05, 0) is 40.6 Å². The van der Waals surface area contributed by atoms with Crippen molar-refractivity contribution in [2.75, 3.05) is 38.2 Å². The number of anilines is 1. The molecule has 0 radical (unpaired) electrons. The largest absolute Gasteiger partial charge is 0.496 e. The van der Waals surface area contributed by atoms with Gasteiger partial charge in [-0.1, -0.05) is 36.4 Å². The Morgan fingerprint density at radius 2 is 1.80 bits per heavy atom. The van der Waals surface area contributed by atoms with E-state index in [2.05, 4.69) is 69.1 Å². The molecule has 0 amide bonds. The molecule has 4 nitrogen and oxygen atoms in total. The van der Waals surface area contributed by atoms with Gasteiger partial charge in [-0.15, -0.1) is 0 Å². The molecule has 0 aliphatic carbocycles.